The van der Waals surface area contributed by atoms with Crippen molar-refractivity contribution in [2.24, 2.45) is 0 Å². The fourth-order valence-electron chi connectivity index (χ4n) is 4.74. The monoisotopic (exact) mass is 646 g/mol. The number of rotatable bonds is 8. The molecule has 0 spiro atoms. The Balaban J connectivity index is 1.55. The highest BCUT2D eigenvalue weighted by Crippen LogP contribution is 2.31. The van der Waals surface area contributed by atoms with Crippen molar-refractivity contribution in [1.29, 1.82) is 0 Å². The molecule has 14 heteroatoms. The lowest BCUT2D eigenvalue weighted by Crippen LogP contribution is -2.61. The number of sulfonamides is 1. The Labute approximate surface area is 259 Å². The lowest BCUT2D eigenvalue weighted by Gasteiger charge is -2.39. The molecule has 3 amide bonds. The number of hydrogen-bond acceptors (Lipinski definition) is 6. The molecule has 0 saturated carbocycles. The fourth-order valence-corrected chi connectivity index (χ4v) is 6.31. The fraction of sp³-hybridized carbons (Fsp3) is 0.323. The van der Waals surface area contributed by atoms with Gasteiger partial charge in [-0.2, -0.15) is 17.5 Å². The number of amides is 3. The van der Waals surface area contributed by atoms with E-state index < -0.39 is 50.6 Å². The summed E-state index contributed by atoms with van der Waals surface area (Å²) < 4.78 is 72.1. The van der Waals surface area contributed by atoms with Crippen LogP contribution in [0.3, 0.4) is 0 Å². The summed E-state index contributed by atoms with van der Waals surface area (Å²) in [5.74, 6) is -0.927. The summed E-state index contributed by atoms with van der Waals surface area (Å²) in [6, 6.07) is 14.5. The van der Waals surface area contributed by atoms with Gasteiger partial charge in [-0.25, -0.2) is 18.0 Å². The number of alkyl halides is 3. The maximum Gasteiger partial charge on any atom is 0.416 e. The number of benzene rings is 3. The molecule has 1 atom stereocenters. The number of ether oxygens (including phenoxy) is 1. The Bertz CT molecular complexity index is 1630. The molecule has 0 bridgehead atoms. The molecular formula is C31H33F3N4O6S. The lowest BCUT2D eigenvalue weighted by atomic mass is 10.0. The first kappa shape index (κ1) is 33.5. The number of carbonyl (C=O) groups is 3. The van der Waals surface area contributed by atoms with E-state index >= 15 is 0 Å². The van der Waals surface area contributed by atoms with E-state index in [1.54, 1.807) is 0 Å². The molecule has 0 aromatic heterocycles. The number of carbonyl (C=O) groups excluding carboxylic acids is 3. The first-order valence-electron chi connectivity index (χ1n) is 14.0. The quantitative estimate of drug-likeness (QED) is 0.338. The second-order valence-corrected chi connectivity index (χ2v) is 12.6. The van der Waals surface area contributed by atoms with Crippen molar-refractivity contribution in [2.45, 2.75) is 43.4 Å². The van der Waals surface area contributed by atoms with E-state index in [0.717, 1.165) is 27.6 Å². The van der Waals surface area contributed by atoms with Crippen LogP contribution in [0, 0.1) is 0 Å². The van der Waals surface area contributed by atoms with Gasteiger partial charge in [0, 0.05) is 31.9 Å². The highest BCUT2D eigenvalue weighted by atomic mass is 32.2. The number of nitrogens with zero attached hydrogens (tertiary/aromatic N) is 2. The molecule has 1 saturated heterocycles. The van der Waals surface area contributed by atoms with Crippen LogP contribution in [0.2, 0.25) is 0 Å². The summed E-state index contributed by atoms with van der Waals surface area (Å²) in [5.41, 5.74) is 1.48. The normalized spacial score (nSPS) is 15.9. The van der Waals surface area contributed by atoms with Gasteiger partial charge in [0.2, 0.25) is 15.9 Å². The number of anilines is 1. The van der Waals surface area contributed by atoms with Gasteiger partial charge < -0.3 is 20.3 Å². The van der Waals surface area contributed by atoms with Gasteiger partial charge in [0.15, 0.2) is 0 Å². The highest BCUT2D eigenvalue weighted by Gasteiger charge is 2.42. The van der Waals surface area contributed by atoms with E-state index in [0.29, 0.717) is 23.7 Å². The molecule has 1 aliphatic heterocycles. The van der Waals surface area contributed by atoms with Crippen molar-refractivity contribution in [3.05, 3.63) is 95.1 Å². The molecule has 1 aliphatic rings. The van der Waals surface area contributed by atoms with Gasteiger partial charge in [0.1, 0.15) is 6.04 Å². The second-order valence-electron chi connectivity index (χ2n) is 10.7. The minimum Gasteiger partial charge on any atom is -0.465 e. The van der Waals surface area contributed by atoms with Crippen LogP contribution in [0.5, 0.6) is 0 Å². The minimum atomic E-state index is -4.66. The molecule has 1 heterocycles. The van der Waals surface area contributed by atoms with E-state index in [4.69, 9.17) is 0 Å². The maximum absolute atomic E-state index is 13.6. The van der Waals surface area contributed by atoms with Gasteiger partial charge in [0.05, 0.1) is 23.1 Å². The Kier molecular flexibility index (Phi) is 10.2. The van der Waals surface area contributed by atoms with Crippen LogP contribution >= 0.6 is 0 Å². The van der Waals surface area contributed by atoms with E-state index in [-0.39, 0.29) is 31.7 Å². The van der Waals surface area contributed by atoms with E-state index in [9.17, 15) is 36.0 Å². The topological polar surface area (TPSA) is 125 Å². The largest absolute Gasteiger partial charge is 0.465 e. The molecular weight excluding hydrogens is 613 g/mol. The van der Waals surface area contributed by atoms with Crippen LogP contribution < -0.4 is 10.6 Å². The molecule has 4 rings (SSSR count). The summed E-state index contributed by atoms with van der Waals surface area (Å²) >= 11 is 0. The zero-order chi connectivity index (χ0) is 32.9. The molecule has 0 radical (unpaired) electrons. The first-order chi connectivity index (χ1) is 21.2. The molecule has 0 aliphatic carbocycles. The molecule has 2 N–H and O–H groups in total. The average Bonchev–Trinajstić information content (AvgIpc) is 3.03. The van der Waals surface area contributed by atoms with Crippen LogP contribution in [0.1, 0.15) is 46.8 Å². The van der Waals surface area contributed by atoms with Crippen molar-refractivity contribution in [3.63, 3.8) is 0 Å². The molecule has 45 heavy (non-hydrogen) atoms. The average molecular weight is 647 g/mol. The van der Waals surface area contributed by atoms with Crippen molar-refractivity contribution in [2.75, 3.05) is 32.1 Å². The van der Waals surface area contributed by atoms with Gasteiger partial charge in [-0.05, 0) is 65.6 Å². The predicted octanol–water partition coefficient (Wildman–Crippen LogP) is 4.84. The summed E-state index contributed by atoms with van der Waals surface area (Å²) in [7, 11) is -3.20. The Morgan fingerprint density at radius 1 is 0.933 bits per heavy atom. The second kappa shape index (κ2) is 13.7. The Morgan fingerprint density at radius 2 is 1.56 bits per heavy atom. The zero-order valence-electron chi connectivity index (χ0n) is 24.8. The number of methoxy groups -OCH3 is 1. The summed E-state index contributed by atoms with van der Waals surface area (Å²) in [6.07, 6.45) is -4.66. The molecule has 240 valence electrons. The Hall–Kier alpha value is -4.43. The third-order valence-corrected chi connectivity index (χ3v) is 9.30. The van der Waals surface area contributed by atoms with Gasteiger partial charge in [-0.15, -0.1) is 0 Å². The molecule has 3 aromatic rings. The van der Waals surface area contributed by atoms with Gasteiger partial charge in [0.25, 0.3) is 0 Å². The molecule has 1 fully saturated rings. The van der Waals surface area contributed by atoms with Crippen LogP contribution in [0.4, 0.5) is 23.7 Å². The summed E-state index contributed by atoms with van der Waals surface area (Å²) in [6.45, 7) is 3.45. The van der Waals surface area contributed by atoms with E-state index in [1.807, 2.05) is 38.1 Å². The van der Waals surface area contributed by atoms with Crippen LogP contribution in [-0.4, -0.2) is 68.3 Å². The molecule has 3 aromatic carbocycles. The zero-order valence-corrected chi connectivity index (χ0v) is 25.6. The smallest absolute Gasteiger partial charge is 0.416 e. The van der Waals surface area contributed by atoms with Crippen molar-refractivity contribution in [3.8, 4) is 0 Å². The van der Waals surface area contributed by atoms with Gasteiger partial charge >= 0.3 is 18.2 Å². The summed E-state index contributed by atoms with van der Waals surface area (Å²) in [4.78, 5) is 39.2. The standard InChI is InChI=1S/C31H33F3N4O6S/c1-20(2)22-6-4-21(5-7-22)18-35-28(39)27-19-37(30(41)36-25-12-8-23(9-13-25)29(40)44-3)16-17-38(27)45(42,43)26-14-10-24(11-15-26)31(32,33)34/h4-15,20,27H,16-19H2,1-3H3,(H,35,39)(H,36,41). The van der Waals surface area contributed by atoms with Crippen LogP contribution in [-0.2, 0) is 32.3 Å². The number of esters is 1. The van der Waals surface area contributed by atoms with Gasteiger partial charge in [-0.1, -0.05) is 38.1 Å². The summed E-state index contributed by atoms with van der Waals surface area (Å²) in [5, 5.41) is 5.40. The van der Waals surface area contributed by atoms with Crippen LogP contribution in [0.25, 0.3) is 0 Å². The number of urea groups is 1. The maximum atomic E-state index is 13.6. The van der Waals surface area contributed by atoms with Gasteiger partial charge in [-0.3, -0.25) is 4.79 Å². The lowest BCUT2D eigenvalue weighted by molar-refractivity contribution is -0.137. The third-order valence-electron chi connectivity index (χ3n) is 7.38. The highest BCUT2D eigenvalue weighted by molar-refractivity contribution is 7.89. The number of nitrogens with one attached hydrogen (secondary N) is 2. The van der Waals surface area contributed by atoms with E-state index in [2.05, 4.69) is 15.4 Å². The van der Waals surface area contributed by atoms with Crippen molar-refractivity contribution in [1.82, 2.24) is 14.5 Å². The first-order valence-corrected chi connectivity index (χ1v) is 15.4. The number of piperazine rings is 1. The SMILES string of the molecule is COC(=O)c1ccc(NC(=O)N2CCN(S(=O)(=O)c3ccc(C(F)(F)F)cc3)C(C(=O)NCc3ccc(C(C)C)cc3)C2)cc1. The number of hydrogen-bond donors (Lipinski definition) is 2. The van der Waals surface area contributed by atoms with Crippen molar-refractivity contribution >= 4 is 33.6 Å². The minimum absolute atomic E-state index is 0.0839. The molecule has 1 unspecified atom stereocenters. The number of halogens is 3. The van der Waals surface area contributed by atoms with E-state index in [1.165, 1.54) is 36.3 Å². The van der Waals surface area contributed by atoms with Crippen molar-refractivity contribution < 1.29 is 40.7 Å². The Morgan fingerprint density at radius 3 is 2.11 bits per heavy atom. The van der Waals surface area contributed by atoms with Crippen LogP contribution in [0.15, 0.2) is 77.7 Å². The molecule has 10 nitrogen and oxygen atoms in total. The predicted molar refractivity (Wildman–Crippen MR) is 160 cm³/mol. The third kappa shape index (κ3) is 8.00.